The van der Waals surface area contributed by atoms with E-state index in [0.29, 0.717) is 12.3 Å². The maximum absolute atomic E-state index is 12.1. The van der Waals surface area contributed by atoms with Gasteiger partial charge in [0.25, 0.3) is 0 Å². The molecule has 118 valence electrons. The van der Waals surface area contributed by atoms with Crippen molar-refractivity contribution in [1.29, 1.82) is 0 Å². The number of aryl methyl sites for hydroxylation is 2. The van der Waals surface area contributed by atoms with Crippen LogP contribution in [0.1, 0.15) is 22.7 Å². The van der Waals surface area contributed by atoms with Crippen molar-refractivity contribution >= 4 is 21.6 Å². The van der Waals surface area contributed by atoms with Gasteiger partial charge in [0.2, 0.25) is 0 Å². The largest absolute Gasteiger partial charge is 0.329 e. The number of thioether (sulfide) groups is 1. The van der Waals surface area contributed by atoms with E-state index in [0.717, 1.165) is 17.9 Å². The summed E-state index contributed by atoms with van der Waals surface area (Å²) in [7, 11) is -3.11. The van der Waals surface area contributed by atoms with Crippen LogP contribution in [-0.4, -0.2) is 49.5 Å². The first kappa shape index (κ1) is 16.8. The van der Waals surface area contributed by atoms with Gasteiger partial charge in [-0.1, -0.05) is 18.2 Å². The van der Waals surface area contributed by atoms with Gasteiger partial charge in [-0.05, 0) is 30.5 Å². The Kier molecular flexibility index (Phi) is 5.35. The molecule has 0 bridgehead atoms. The lowest BCUT2D eigenvalue weighted by molar-refractivity contribution is 0.198. The van der Waals surface area contributed by atoms with E-state index in [1.165, 1.54) is 17.4 Å². The third-order valence-corrected chi connectivity index (χ3v) is 6.82. The van der Waals surface area contributed by atoms with Crippen molar-refractivity contribution < 1.29 is 8.42 Å². The second-order valence-electron chi connectivity index (χ2n) is 5.69. The number of sulfone groups is 1. The zero-order valence-electron chi connectivity index (χ0n) is 12.9. The predicted molar refractivity (Wildman–Crippen MR) is 90.4 cm³/mol. The normalized spacial score (nSPS) is 22.2. The van der Waals surface area contributed by atoms with Crippen molar-refractivity contribution in [3.05, 3.63) is 34.9 Å². The number of hydrogen-bond acceptors (Lipinski definition) is 5. The fourth-order valence-corrected chi connectivity index (χ4v) is 5.68. The number of benzene rings is 1. The first-order valence-electron chi connectivity index (χ1n) is 7.14. The highest BCUT2D eigenvalue weighted by Crippen LogP contribution is 2.30. The first-order valence-corrected chi connectivity index (χ1v) is 10.2. The highest BCUT2D eigenvalue weighted by atomic mass is 32.2. The molecular weight excluding hydrogens is 304 g/mol. The average Bonchev–Trinajstić information content (AvgIpc) is 2.43. The molecule has 4 nitrogen and oxygen atoms in total. The summed E-state index contributed by atoms with van der Waals surface area (Å²) in [5.41, 5.74) is 9.55. The summed E-state index contributed by atoms with van der Waals surface area (Å²) in [6.45, 7) is 5.34. The van der Waals surface area contributed by atoms with Gasteiger partial charge in [-0.25, -0.2) is 8.42 Å². The van der Waals surface area contributed by atoms with Gasteiger partial charge < -0.3 is 5.73 Å². The molecule has 0 saturated carbocycles. The lowest BCUT2D eigenvalue weighted by Gasteiger charge is -2.39. The Labute approximate surface area is 132 Å². The molecule has 0 spiro atoms. The maximum atomic E-state index is 12.1. The number of nitrogens with zero attached hydrogens (tertiary/aromatic N) is 1. The Morgan fingerprint density at radius 2 is 2.10 bits per heavy atom. The van der Waals surface area contributed by atoms with Crippen LogP contribution in [0.15, 0.2) is 18.2 Å². The van der Waals surface area contributed by atoms with Crippen LogP contribution in [-0.2, 0) is 9.84 Å². The molecule has 0 aromatic heterocycles. The summed E-state index contributed by atoms with van der Waals surface area (Å²) >= 11 is 1.70. The second kappa shape index (κ2) is 6.69. The summed E-state index contributed by atoms with van der Waals surface area (Å²) in [5, 5.41) is -0.439. The van der Waals surface area contributed by atoms with Crippen molar-refractivity contribution in [3.8, 4) is 0 Å². The van der Waals surface area contributed by atoms with Crippen LogP contribution in [0.5, 0.6) is 0 Å². The number of rotatable bonds is 4. The zero-order valence-corrected chi connectivity index (χ0v) is 14.5. The van der Waals surface area contributed by atoms with Gasteiger partial charge in [0.05, 0.1) is 0 Å². The molecule has 0 amide bonds. The quantitative estimate of drug-likeness (QED) is 0.912. The number of hydrogen-bond donors (Lipinski definition) is 1. The topological polar surface area (TPSA) is 63.4 Å². The van der Waals surface area contributed by atoms with Crippen LogP contribution in [0.2, 0.25) is 0 Å². The second-order valence-corrected chi connectivity index (χ2v) is 9.05. The van der Waals surface area contributed by atoms with Crippen LogP contribution in [0.4, 0.5) is 0 Å². The van der Waals surface area contributed by atoms with E-state index in [2.05, 4.69) is 36.9 Å². The molecule has 1 aliphatic rings. The van der Waals surface area contributed by atoms with Gasteiger partial charge in [0, 0.05) is 36.9 Å². The Bertz CT molecular complexity index is 602. The maximum Gasteiger partial charge on any atom is 0.164 e. The highest BCUT2D eigenvalue weighted by molar-refractivity contribution is 8.00. The minimum Gasteiger partial charge on any atom is -0.329 e. The number of nitrogens with two attached hydrogens (primary N) is 1. The minimum absolute atomic E-state index is 0.0371. The zero-order chi connectivity index (χ0) is 15.6. The standard InChI is InChI=1S/C15H24N2O2S2/c1-11-4-5-13(8-12(11)2)14(9-16)17-6-7-20-10-15(17)21(3,18)19/h4-5,8,14-15H,6-7,9-10,16H2,1-3H3. The third-order valence-electron chi connectivity index (χ3n) is 4.16. The van der Waals surface area contributed by atoms with Crippen molar-refractivity contribution in [2.45, 2.75) is 25.3 Å². The fourth-order valence-electron chi connectivity index (χ4n) is 2.75. The molecule has 2 atom stereocenters. The molecule has 0 radical (unpaired) electrons. The lowest BCUT2D eigenvalue weighted by Crippen LogP contribution is -2.50. The summed E-state index contributed by atoms with van der Waals surface area (Å²) in [6, 6.07) is 6.25. The molecule has 1 aliphatic heterocycles. The summed E-state index contributed by atoms with van der Waals surface area (Å²) < 4.78 is 24.1. The minimum atomic E-state index is -3.11. The molecule has 1 heterocycles. The van der Waals surface area contributed by atoms with Crippen molar-refractivity contribution in [3.63, 3.8) is 0 Å². The molecule has 1 aromatic carbocycles. The molecule has 2 N–H and O–H groups in total. The summed E-state index contributed by atoms with van der Waals surface area (Å²) in [4.78, 5) is 2.07. The monoisotopic (exact) mass is 328 g/mol. The van der Waals surface area contributed by atoms with Gasteiger partial charge in [0.15, 0.2) is 9.84 Å². The Morgan fingerprint density at radius 1 is 1.38 bits per heavy atom. The molecule has 2 rings (SSSR count). The van der Waals surface area contributed by atoms with Crippen molar-refractivity contribution in [1.82, 2.24) is 4.90 Å². The molecular formula is C15H24N2O2S2. The van der Waals surface area contributed by atoms with Crippen LogP contribution < -0.4 is 5.73 Å². The van der Waals surface area contributed by atoms with E-state index in [-0.39, 0.29) is 6.04 Å². The van der Waals surface area contributed by atoms with Gasteiger partial charge in [-0.2, -0.15) is 11.8 Å². The van der Waals surface area contributed by atoms with Gasteiger partial charge in [0.1, 0.15) is 5.37 Å². The van der Waals surface area contributed by atoms with Gasteiger partial charge in [-0.15, -0.1) is 0 Å². The van der Waals surface area contributed by atoms with Gasteiger partial charge in [-0.3, -0.25) is 4.90 Å². The molecule has 6 heteroatoms. The third kappa shape index (κ3) is 3.80. The molecule has 2 unspecified atom stereocenters. The van der Waals surface area contributed by atoms with Crippen molar-refractivity contribution in [2.75, 3.05) is 30.9 Å². The van der Waals surface area contributed by atoms with E-state index in [4.69, 9.17) is 5.73 Å². The molecule has 1 fully saturated rings. The van der Waals surface area contributed by atoms with Gasteiger partial charge >= 0.3 is 0 Å². The van der Waals surface area contributed by atoms with Crippen LogP contribution in [0.3, 0.4) is 0 Å². The van der Waals surface area contributed by atoms with Crippen LogP contribution in [0, 0.1) is 13.8 Å². The van der Waals surface area contributed by atoms with E-state index >= 15 is 0 Å². The Balaban J connectivity index is 2.36. The lowest BCUT2D eigenvalue weighted by atomic mass is 10.00. The smallest absolute Gasteiger partial charge is 0.164 e. The molecule has 21 heavy (non-hydrogen) atoms. The van der Waals surface area contributed by atoms with Crippen LogP contribution >= 0.6 is 11.8 Å². The van der Waals surface area contributed by atoms with Crippen molar-refractivity contribution in [2.24, 2.45) is 5.73 Å². The molecule has 0 aliphatic carbocycles. The van der Waals surface area contributed by atoms with E-state index in [1.807, 2.05) is 0 Å². The molecule has 1 saturated heterocycles. The van der Waals surface area contributed by atoms with E-state index in [9.17, 15) is 8.42 Å². The Hall–Kier alpha value is -0.560. The molecule has 1 aromatic rings. The first-order chi connectivity index (χ1) is 9.84. The average molecular weight is 329 g/mol. The fraction of sp³-hybridized carbons (Fsp3) is 0.600. The summed E-state index contributed by atoms with van der Waals surface area (Å²) in [5.74, 6) is 1.58. The highest BCUT2D eigenvalue weighted by Gasteiger charge is 2.35. The van der Waals surface area contributed by atoms with E-state index < -0.39 is 15.2 Å². The predicted octanol–water partition coefficient (Wildman–Crippen LogP) is 1.72. The Morgan fingerprint density at radius 3 is 2.67 bits per heavy atom. The van der Waals surface area contributed by atoms with Crippen LogP contribution in [0.25, 0.3) is 0 Å². The van der Waals surface area contributed by atoms with E-state index in [1.54, 1.807) is 11.8 Å². The SMILES string of the molecule is Cc1ccc(C(CN)N2CCSCC2S(C)(=O)=O)cc1C. The summed E-state index contributed by atoms with van der Waals surface area (Å²) in [6.07, 6.45) is 1.32.